The van der Waals surface area contributed by atoms with E-state index in [1.165, 1.54) is 165 Å². The van der Waals surface area contributed by atoms with E-state index >= 15 is 0 Å². The summed E-state index contributed by atoms with van der Waals surface area (Å²) in [4.78, 5) is 20.8. The van der Waals surface area contributed by atoms with E-state index in [0.717, 1.165) is 67.3 Å². The van der Waals surface area contributed by atoms with Crippen LogP contribution in [0.4, 0.5) is 0 Å². The third-order valence-electron chi connectivity index (χ3n) is 12.4. The van der Waals surface area contributed by atoms with Crippen LogP contribution in [0.5, 0.6) is 0 Å². The number of nitrogens with zero attached hydrogens (tertiary/aromatic N) is 9. The summed E-state index contributed by atoms with van der Waals surface area (Å²) in [6, 6.07) is 0. The van der Waals surface area contributed by atoms with Crippen LogP contribution >= 0.6 is 0 Å². The monoisotopic (exact) mass is 3180 g/mol. The summed E-state index contributed by atoms with van der Waals surface area (Å²) in [6.45, 7) is 57.2. The molecule has 9 saturated heterocycles. The topological polar surface area (TPSA) is 56.9 Å². The van der Waals surface area contributed by atoms with Crippen molar-refractivity contribution in [2.24, 2.45) is 0 Å². The van der Waals surface area contributed by atoms with Crippen LogP contribution in [-0.2, 0) is 227 Å². The van der Waals surface area contributed by atoms with Crippen LogP contribution in [0.25, 0.3) is 0 Å². The Morgan fingerprint density at radius 1 is 0.269 bits per heavy atom. The van der Waals surface area contributed by atoms with Gasteiger partial charge in [-0.2, -0.15) is 0 Å². The molecular weight excluding hydrogens is 3040 g/mol. The molecule has 0 bridgehead atoms. The van der Waals surface area contributed by atoms with Crippen molar-refractivity contribution >= 4 is 44.3 Å². The van der Waals surface area contributed by atoms with Crippen molar-refractivity contribution < 1.29 is 227 Å². The van der Waals surface area contributed by atoms with Crippen molar-refractivity contribution in [2.75, 3.05) is 129 Å². The van der Waals surface area contributed by atoms with E-state index in [0.29, 0.717) is 0 Å². The average Bonchev–Trinajstić information content (AvgIpc) is 4.14. The van der Waals surface area contributed by atoms with Gasteiger partial charge < -0.3 is 4.74 Å². The Bertz CT molecular complexity index is 1920. The molecule has 9 aliphatic heterocycles. The molecule has 9 aliphatic rings. The quantitative estimate of drug-likeness (QED) is 0.232. The Kier molecular flexibility index (Phi) is 104. The van der Waals surface area contributed by atoms with Crippen LogP contribution in [0.2, 0.25) is 0 Å². The van der Waals surface area contributed by atoms with Crippen LogP contribution in [0, 0.1) is 0 Å². The SMILES string of the molecule is C=C1CN(C)CCO1.C=C1CN(C)C[C](=[W])O1.C=C1CN(C)[C](=[W])CO1.CC.CC.CC.CC.CC.CC.CC.CC.CC.CN1CCCC[C]1=[W].CN1CCCC[C]1=[W].CN1CCC[C]1=[W].CN1[C](=[W])CCC[C]1=[W].CN1[C](=[W])CCC[C]1=[W].CN1[C](=[W])CC[C]1=[W]. The second-order valence-electron chi connectivity index (χ2n) is 19.1. The first kappa shape index (κ1) is 116. The number of ether oxygens (including phenoxy) is 3. The summed E-state index contributed by atoms with van der Waals surface area (Å²) in [5.41, 5.74) is 0. The number of likely N-dealkylation sites (tertiary alicyclic amines) is 6. The molecule has 0 aromatic carbocycles. The van der Waals surface area contributed by atoms with Crippen molar-refractivity contribution in [3.8, 4) is 0 Å². The van der Waals surface area contributed by atoms with Crippen molar-refractivity contribution in [3.63, 3.8) is 0 Å². The maximum absolute atomic E-state index is 5.27. The van der Waals surface area contributed by atoms with Gasteiger partial charge in [0.15, 0.2) is 0 Å². The first-order valence-corrected chi connectivity index (χ1v) is 50.6. The van der Waals surface area contributed by atoms with E-state index in [1.807, 2.05) is 125 Å². The summed E-state index contributed by atoms with van der Waals surface area (Å²) in [7, 11) is 19.3. The number of rotatable bonds is 0. The number of hydrogen-bond donors (Lipinski definition) is 0. The Morgan fingerprint density at radius 2 is 0.559 bits per heavy atom. The zero-order valence-corrected chi connectivity index (χ0v) is 96.5. The van der Waals surface area contributed by atoms with Gasteiger partial charge in [0.2, 0.25) is 0 Å². The molecule has 9 heterocycles. The van der Waals surface area contributed by atoms with Crippen LogP contribution in [0.1, 0.15) is 227 Å². The Labute approximate surface area is 699 Å². The molecule has 548 valence electrons. The van der Waals surface area contributed by atoms with Gasteiger partial charge >= 0.3 is 536 Å². The zero-order chi connectivity index (χ0) is 74.8. The summed E-state index contributed by atoms with van der Waals surface area (Å²) in [5, 5.41) is 0. The van der Waals surface area contributed by atoms with Crippen LogP contribution in [0.3, 0.4) is 0 Å². The molecule has 93 heavy (non-hydrogen) atoms. The van der Waals surface area contributed by atoms with E-state index in [4.69, 9.17) is 14.2 Å². The van der Waals surface area contributed by atoms with E-state index < -0.39 is 0 Å². The molecule has 0 amide bonds. The maximum atomic E-state index is 5.27. The van der Waals surface area contributed by atoms with E-state index in [2.05, 4.69) is 127 Å². The first-order valence-electron chi connectivity index (χ1n) is 34.4. The molecule has 9 fully saturated rings. The summed E-state index contributed by atoms with van der Waals surface area (Å²) < 4.78 is 32.6. The normalized spacial score (nSPS) is 19.0. The standard InChI is InChI=1S/C6H11NO.2C6H9NO.2C6H11N.2C6H9N.C5H9N.C5H7N.9C2H6.11W/c3*1-6-5-7(2)3-4-8-6;4*1-7-5-3-2-4-6-7;2*1-6-4-2-3-5-6;9*1-2;;;;;;;;;;;/h1,3-5H2,2H3;1,4-5H2,2H3;1,3,5H2,2H3;2*2-5H2,1H3;2*2-4H2,1H3;2-4H2,1H3;2-3H2,1H3;9*1-2H3;;;;;;;;;;;. The van der Waals surface area contributed by atoms with Gasteiger partial charge in [-0.3, -0.25) is 4.90 Å². The van der Waals surface area contributed by atoms with Crippen molar-refractivity contribution in [1.29, 1.82) is 0 Å². The van der Waals surface area contributed by atoms with Gasteiger partial charge in [-0.25, -0.2) is 0 Å². The molecule has 0 spiro atoms. The van der Waals surface area contributed by atoms with Gasteiger partial charge in [-0.1, -0.05) is 131 Å². The minimum atomic E-state index is 0.741. The fraction of sp³-hybridized carbons (Fsp3) is 0.757. The van der Waals surface area contributed by atoms with Crippen molar-refractivity contribution in [3.05, 3.63) is 37.0 Å². The summed E-state index contributed by atoms with van der Waals surface area (Å²) in [5.74, 6) is 2.63. The number of piperidine rings is 4. The van der Waals surface area contributed by atoms with Gasteiger partial charge in [-0.15, -0.1) is 0 Å². The molecule has 0 atom stereocenters. The molecule has 0 aliphatic carbocycles. The average molecular weight is 3180 g/mol. The fourth-order valence-electron chi connectivity index (χ4n) is 7.33. The van der Waals surface area contributed by atoms with Crippen molar-refractivity contribution in [2.45, 2.75) is 227 Å². The van der Waals surface area contributed by atoms with Crippen molar-refractivity contribution in [1.82, 2.24) is 44.1 Å². The number of morpholine rings is 3. The van der Waals surface area contributed by atoms with Gasteiger partial charge in [0.1, 0.15) is 12.4 Å². The molecule has 0 N–H and O–H groups in total. The second kappa shape index (κ2) is 83.7. The molecule has 12 nitrogen and oxygen atoms in total. The number of likely N-dealkylation sites (N-methyl/N-ethyl adjacent to an activating group) is 3. The van der Waals surface area contributed by atoms with Gasteiger partial charge in [0.05, 0.1) is 6.54 Å². The molecule has 0 radical (unpaired) electrons. The van der Waals surface area contributed by atoms with Gasteiger partial charge in [-0.05, 0) is 7.05 Å². The number of hydrogen-bond acceptors (Lipinski definition) is 12. The zero-order valence-electron chi connectivity index (χ0n) is 64.2. The Morgan fingerprint density at radius 3 is 0.753 bits per heavy atom. The van der Waals surface area contributed by atoms with E-state index in [9.17, 15) is 0 Å². The van der Waals surface area contributed by atoms with Gasteiger partial charge in [0.25, 0.3) is 0 Å². The van der Waals surface area contributed by atoms with Crippen LogP contribution < -0.4 is 0 Å². The Hall–Kier alpha value is 4.40. The van der Waals surface area contributed by atoms with Crippen LogP contribution in [-0.4, -0.2) is 217 Å². The Balaban J connectivity index is -0.000000118. The second-order valence-corrected chi connectivity index (χ2v) is 37.7. The molecule has 0 unspecified atom stereocenters. The minimum absolute atomic E-state index is 0.741. The summed E-state index contributed by atoms with van der Waals surface area (Å²) >= 11 is 17.7. The predicted octanol–water partition coefficient (Wildman–Crippen LogP) is 12.9. The molecule has 0 aromatic heterocycles. The molecular formula is C70H139N9O3W11. The van der Waals surface area contributed by atoms with E-state index in [-0.39, 0.29) is 0 Å². The van der Waals surface area contributed by atoms with Gasteiger partial charge in [0, 0.05) is 6.54 Å². The first-order chi connectivity index (χ1) is 44.2. The van der Waals surface area contributed by atoms with E-state index in [1.54, 1.807) is 210 Å². The van der Waals surface area contributed by atoms with Crippen LogP contribution in [0.15, 0.2) is 37.0 Å². The molecule has 23 heteroatoms. The molecule has 0 saturated carbocycles. The fourth-order valence-corrected chi connectivity index (χ4v) is 19.4. The molecule has 9 rings (SSSR count). The third-order valence-corrected chi connectivity index (χ3v) is 30.5. The molecule has 0 aromatic rings. The predicted molar refractivity (Wildman–Crippen MR) is 380 cm³/mol. The third kappa shape index (κ3) is 68.0. The summed E-state index contributed by atoms with van der Waals surface area (Å²) in [6.07, 6.45) is 21.8.